The number of aromatic nitrogens is 1. The van der Waals surface area contributed by atoms with Crippen molar-refractivity contribution in [3.05, 3.63) is 64.3 Å². The number of H-pyrrole nitrogens is 1. The van der Waals surface area contributed by atoms with Crippen LogP contribution in [0.5, 0.6) is 0 Å². The Morgan fingerprint density at radius 2 is 1.81 bits per heavy atom. The molecule has 0 bridgehead atoms. The first-order valence-electron chi connectivity index (χ1n) is 9.07. The van der Waals surface area contributed by atoms with Crippen molar-refractivity contribution < 1.29 is 0 Å². The molecule has 1 aromatic heterocycles. The third kappa shape index (κ3) is 4.17. The number of hydrogen-bond donors (Lipinski definition) is 1. The minimum absolute atomic E-state index is 0.972. The molecule has 136 valence electrons. The fourth-order valence-electron chi connectivity index (χ4n) is 3.48. The Hall–Kier alpha value is -1.27. The molecule has 26 heavy (non-hydrogen) atoms. The van der Waals surface area contributed by atoms with Crippen LogP contribution in [0.2, 0.25) is 0 Å². The van der Waals surface area contributed by atoms with E-state index < -0.39 is 0 Å². The molecule has 0 saturated carbocycles. The lowest BCUT2D eigenvalue weighted by Gasteiger charge is -2.32. The number of thioether (sulfide) groups is 1. The molecular weight excluding hydrogens is 406 g/mol. The molecule has 3 nitrogen and oxygen atoms in total. The van der Waals surface area contributed by atoms with Gasteiger partial charge < -0.3 is 9.88 Å². The highest BCUT2D eigenvalue weighted by Crippen LogP contribution is 2.31. The summed E-state index contributed by atoms with van der Waals surface area (Å²) in [6.07, 6.45) is 0. The predicted molar refractivity (Wildman–Crippen MR) is 115 cm³/mol. The summed E-state index contributed by atoms with van der Waals surface area (Å²) in [5.74, 6) is 0.972. The van der Waals surface area contributed by atoms with E-state index in [-0.39, 0.29) is 0 Å². The smallest absolute Gasteiger partial charge is 0.0460 e. The molecule has 0 unspecified atom stereocenters. The Kier molecular flexibility index (Phi) is 5.69. The number of likely N-dealkylation sites (N-methyl/N-ethyl adjacent to an activating group) is 1. The van der Waals surface area contributed by atoms with E-state index in [1.165, 1.54) is 27.1 Å². The van der Waals surface area contributed by atoms with Gasteiger partial charge in [-0.15, -0.1) is 11.8 Å². The Bertz CT molecular complexity index is 870. The van der Waals surface area contributed by atoms with Crippen LogP contribution in [0.1, 0.15) is 11.3 Å². The first-order valence-corrected chi connectivity index (χ1v) is 10.8. The zero-order valence-electron chi connectivity index (χ0n) is 15.0. The molecule has 2 heterocycles. The second kappa shape index (κ2) is 8.17. The van der Waals surface area contributed by atoms with E-state index in [9.17, 15) is 0 Å². The molecule has 1 fully saturated rings. The number of nitrogens with zero attached hydrogens (tertiary/aromatic N) is 2. The third-order valence-electron chi connectivity index (χ3n) is 5.06. The molecule has 1 aliphatic heterocycles. The first kappa shape index (κ1) is 18.1. The Labute approximate surface area is 167 Å². The molecule has 3 aromatic rings. The quantitative estimate of drug-likeness (QED) is 0.578. The largest absolute Gasteiger partial charge is 0.357 e. The normalized spacial score (nSPS) is 16.4. The van der Waals surface area contributed by atoms with Gasteiger partial charge in [0.25, 0.3) is 0 Å². The highest BCUT2D eigenvalue weighted by Gasteiger charge is 2.19. The van der Waals surface area contributed by atoms with Crippen LogP contribution in [0.25, 0.3) is 10.9 Å². The maximum Gasteiger partial charge on any atom is 0.0460 e. The van der Waals surface area contributed by atoms with Crippen LogP contribution in [0.3, 0.4) is 0 Å². The molecule has 0 aliphatic carbocycles. The SMILES string of the molecule is CN1CCN(Cc2c(CSc3ccccc3)[nH]c3ccc(Br)cc23)CC1. The van der Waals surface area contributed by atoms with Gasteiger partial charge in [0.15, 0.2) is 0 Å². The van der Waals surface area contributed by atoms with Gasteiger partial charge in [-0.25, -0.2) is 0 Å². The summed E-state index contributed by atoms with van der Waals surface area (Å²) >= 11 is 5.55. The van der Waals surface area contributed by atoms with Crippen LogP contribution in [0.15, 0.2) is 57.9 Å². The summed E-state index contributed by atoms with van der Waals surface area (Å²) in [5.41, 5.74) is 4.04. The van der Waals surface area contributed by atoms with Gasteiger partial charge in [-0.1, -0.05) is 34.1 Å². The van der Waals surface area contributed by atoms with Crippen LogP contribution in [0.4, 0.5) is 0 Å². The van der Waals surface area contributed by atoms with Gasteiger partial charge in [0, 0.05) is 64.4 Å². The molecule has 0 radical (unpaired) electrons. The molecule has 0 amide bonds. The summed E-state index contributed by atoms with van der Waals surface area (Å²) in [6.45, 7) is 5.61. The second-order valence-electron chi connectivity index (χ2n) is 6.95. The number of aromatic amines is 1. The maximum atomic E-state index is 3.68. The number of piperazine rings is 1. The van der Waals surface area contributed by atoms with Crippen LogP contribution < -0.4 is 0 Å². The minimum atomic E-state index is 0.972. The standard InChI is InChI=1S/C21H24BrN3S/c1-24-9-11-25(12-10-24)14-19-18-13-16(22)7-8-20(18)23-21(19)15-26-17-5-3-2-4-6-17/h2-8,13,23H,9-12,14-15H2,1H3. The molecule has 5 heteroatoms. The van der Waals surface area contributed by atoms with Gasteiger partial charge in [-0.2, -0.15) is 0 Å². The summed E-state index contributed by atoms with van der Waals surface area (Å²) in [5, 5.41) is 1.35. The van der Waals surface area contributed by atoms with E-state index in [4.69, 9.17) is 0 Å². The van der Waals surface area contributed by atoms with Crippen LogP contribution in [-0.2, 0) is 12.3 Å². The highest BCUT2D eigenvalue weighted by molar-refractivity contribution is 9.10. The first-order chi connectivity index (χ1) is 12.7. The third-order valence-corrected chi connectivity index (χ3v) is 6.59. The molecule has 1 aliphatic rings. The second-order valence-corrected chi connectivity index (χ2v) is 8.92. The molecule has 0 spiro atoms. The Morgan fingerprint density at radius 3 is 2.58 bits per heavy atom. The minimum Gasteiger partial charge on any atom is -0.357 e. The molecule has 4 rings (SSSR count). The summed E-state index contributed by atoms with van der Waals surface area (Å²) < 4.78 is 1.14. The van der Waals surface area contributed by atoms with E-state index in [2.05, 4.69) is 86.3 Å². The Morgan fingerprint density at radius 1 is 1.04 bits per heavy atom. The topological polar surface area (TPSA) is 22.3 Å². The van der Waals surface area contributed by atoms with Crippen LogP contribution in [0, 0.1) is 0 Å². The van der Waals surface area contributed by atoms with Crippen molar-refractivity contribution >= 4 is 38.6 Å². The van der Waals surface area contributed by atoms with E-state index in [0.29, 0.717) is 0 Å². The molecule has 0 atom stereocenters. The van der Waals surface area contributed by atoms with Gasteiger partial charge in [-0.05, 0) is 42.9 Å². The number of rotatable bonds is 5. The van der Waals surface area contributed by atoms with E-state index >= 15 is 0 Å². The molecule has 2 aromatic carbocycles. The van der Waals surface area contributed by atoms with Crippen LogP contribution in [-0.4, -0.2) is 48.0 Å². The zero-order valence-corrected chi connectivity index (χ0v) is 17.4. The summed E-state index contributed by atoms with van der Waals surface area (Å²) in [7, 11) is 2.21. The summed E-state index contributed by atoms with van der Waals surface area (Å²) in [6, 6.07) is 17.2. The van der Waals surface area contributed by atoms with Crippen molar-refractivity contribution in [2.75, 3.05) is 33.2 Å². The number of benzene rings is 2. The maximum absolute atomic E-state index is 3.68. The van der Waals surface area contributed by atoms with E-state index in [0.717, 1.165) is 42.9 Å². The lowest BCUT2D eigenvalue weighted by molar-refractivity contribution is 0.148. The number of halogens is 1. The molecular formula is C21H24BrN3S. The number of nitrogens with one attached hydrogen (secondary N) is 1. The van der Waals surface area contributed by atoms with Crippen molar-refractivity contribution in [2.45, 2.75) is 17.2 Å². The van der Waals surface area contributed by atoms with E-state index in [1.807, 2.05) is 11.8 Å². The molecule has 1 N–H and O–H groups in total. The van der Waals surface area contributed by atoms with Gasteiger partial charge in [-0.3, -0.25) is 4.90 Å². The Balaban J connectivity index is 1.60. The van der Waals surface area contributed by atoms with Gasteiger partial charge in [0.05, 0.1) is 0 Å². The fraction of sp³-hybridized carbons (Fsp3) is 0.333. The number of hydrogen-bond acceptors (Lipinski definition) is 3. The van der Waals surface area contributed by atoms with Gasteiger partial charge in [0.1, 0.15) is 0 Å². The van der Waals surface area contributed by atoms with Crippen molar-refractivity contribution in [1.82, 2.24) is 14.8 Å². The number of fused-ring (bicyclic) bond motifs is 1. The lowest BCUT2D eigenvalue weighted by atomic mass is 10.1. The average molecular weight is 430 g/mol. The van der Waals surface area contributed by atoms with Crippen molar-refractivity contribution in [2.24, 2.45) is 0 Å². The van der Waals surface area contributed by atoms with Gasteiger partial charge in [0.2, 0.25) is 0 Å². The average Bonchev–Trinajstić information content (AvgIpc) is 2.99. The zero-order chi connectivity index (χ0) is 17.9. The summed E-state index contributed by atoms with van der Waals surface area (Å²) in [4.78, 5) is 9.99. The van der Waals surface area contributed by atoms with Crippen LogP contribution >= 0.6 is 27.7 Å². The highest BCUT2D eigenvalue weighted by atomic mass is 79.9. The lowest BCUT2D eigenvalue weighted by Crippen LogP contribution is -2.43. The molecule has 1 saturated heterocycles. The predicted octanol–water partition coefficient (Wildman–Crippen LogP) is 4.97. The van der Waals surface area contributed by atoms with E-state index in [1.54, 1.807) is 0 Å². The monoisotopic (exact) mass is 429 g/mol. The van der Waals surface area contributed by atoms with Crippen molar-refractivity contribution in [3.63, 3.8) is 0 Å². The van der Waals surface area contributed by atoms with Crippen molar-refractivity contribution in [1.29, 1.82) is 0 Å². The fourth-order valence-corrected chi connectivity index (χ4v) is 4.75. The van der Waals surface area contributed by atoms with Gasteiger partial charge >= 0.3 is 0 Å². The van der Waals surface area contributed by atoms with Crippen molar-refractivity contribution in [3.8, 4) is 0 Å².